The SMILES string of the molecule is Cc1c2c(=O)[nH]n(-c3ccc(F)cc3Cl)c2cc(=O)n1C. The maximum atomic E-state index is 13.1. The van der Waals surface area contributed by atoms with Crippen LogP contribution in [-0.4, -0.2) is 14.3 Å². The number of rotatable bonds is 1. The quantitative estimate of drug-likeness (QED) is 0.748. The summed E-state index contributed by atoms with van der Waals surface area (Å²) in [6.45, 7) is 1.69. The van der Waals surface area contributed by atoms with Crippen molar-refractivity contribution in [1.29, 1.82) is 0 Å². The number of aromatic nitrogens is 3. The number of hydrogen-bond donors (Lipinski definition) is 1. The van der Waals surface area contributed by atoms with Gasteiger partial charge in [-0.1, -0.05) is 11.6 Å². The van der Waals surface area contributed by atoms with Crippen molar-refractivity contribution in [2.45, 2.75) is 6.92 Å². The van der Waals surface area contributed by atoms with Crippen LogP contribution in [0.5, 0.6) is 0 Å². The normalized spacial score (nSPS) is 11.2. The number of fused-ring (bicyclic) bond motifs is 1. The minimum Gasteiger partial charge on any atom is -0.315 e. The summed E-state index contributed by atoms with van der Waals surface area (Å²) in [5.41, 5.74) is 0.784. The van der Waals surface area contributed by atoms with Gasteiger partial charge in [-0.15, -0.1) is 0 Å². The van der Waals surface area contributed by atoms with Gasteiger partial charge in [0, 0.05) is 18.8 Å². The van der Waals surface area contributed by atoms with Gasteiger partial charge < -0.3 is 4.57 Å². The van der Waals surface area contributed by atoms with Crippen LogP contribution in [0.25, 0.3) is 16.6 Å². The van der Waals surface area contributed by atoms with Crippen molar-refractivity contribution >= 4 is 22.5 Å². The van der Waals surface area contributed by atoms with E-state index in [2.05, 4.69) is 5.10 Å². The Labute approximate surface area is 123 Å². The number of aromatic amines is 1. The van der Waals surface area contributed by atoms with E-state index in [9.17, 15) is 14.0 Å². The highest BCUT2D eigenvalue weighted by Gasteiger charge is 2.15. The molecule has 0 aliphatic heterocycles. The Kier molecular flexibility index (Phi) is 2.98. The van der Waals surface area contributed by atoms with Crippen LogP contribution < -0.4 is 11.1 Å². The number of H-pyrrole nitrogens is 1. The van der Waals surface area contributed by atoms with Crippen molar-refractivity contribution in [2.75, 3.05) is 0 Å². The minimum absolute atomic E-state index is 0.140. The first kappa shape index (κ1) is 13.6. The molecule has 0 bridgehead atoms. The molecule has 0 saturated heterocycles. The lowest BCUT2D eigenvalue weighted by Crippen LogP contribution is -2.19. The molecule has 0 unspecified atom stereocenters. The highest BCUT2D eigenvalue weighted by molar-refractivity contribution is 6.32. The Hall–Kier alpha value is -2.34. The summed E-state index contributed by atoms with van der Waals surface area (Å²) >= 11 is 6.02. The topological polar surface area (TPSA) is 59.8 Å². The summed E-state index contributed by atoms with van der Waals surface area (Å²) in [6, 6.07) is 5.17. The first-order chi connectivity index (χ1) is 9.90. The predicted molar refractivity (Wildman–Crippen MR) is 78.8 cm³/mol. The molecule has 5 nitrogen and oxygen atoms in total. The zero-order valence-electron chi connectivity index (χ0n) is 11.3. The molecule has 0 aliphatic rings. The fourth-order valence-electron chi connectivity index (χ4n) is 2.33. The molecule has 0 amide bonds. The van der Waals surface area contributed by atoms with Gasteiger partial charge in [0.2, 0.25) is 0 Å². The van der Waals surface area contributed by atoms with E-state index in [-0.39, 0.29) is 16.1 Å². The van der Waals surface area contributed by atoms with Gasteiger partial charge in [-0.2, -0.15) is 0 Å². The third kappa shape index (κ3) is 1.99. The summed E-state index contributed by atoms with van der Waals surface area (Å²) in [5.74, 6) is -0.477. The van der Waals surface area contributed by atoms with Crippen LogP contribution in [0.3, 0.4) is 0 Å². The van der Waals surface area contributed by atoms with Crippen LogP contribution in [0, 0.1) is 12.7 Å². The molecule has 1 N–H and O–H groups in total. The average Bonchev–Trinajstić information content (AvgIpc) is 2.73. The monoisotopic (exact) mass is 307 g/mol. The third-order valence-corrected chi connectivity index (χ3v) is 3.85. The molecule has 7 heteroatoms. The van der Waals surface area contributed by atoms with E-state index < -0.39 is 5.82 Å². The molecule has 3 aromatic rings. The summed E-state index contributed by atoms with van der Waals surface area (Å²) in [4.78, 5) is 24.1. The van der Waals surface area contributed by atoms with E-state index in [1.807, 2.05) is 0 Å². The maximum absolute atomic E-state index is 13.1. The fraction of sp³-hybridized carbons (Fsp3) is 0.143. The molecule has 0 atom stereocenters. The molecule has 108 valence electrons. The average molecular weight is 308 g/mol. The van der Waals surface area contributed by atoms with E-state index in [4.69, 9.17) is 11.6 Å². The Morgan fingerprint density at radius 2 is 1.95 bits per heavy atom. The van der Waals surface area contributed by atoms with Crippen molar-refractivity contribution in [3.8, 4) is 5.69 Å². The van der Waals surface area contributed by atoms with Crippen molar-refractivity contribution in [3.63, 3.8) is 0 Å². The molecular weight excluding hydrogens is 297 g/mol. The van der Waals surface area contributed by atoms with E-state index in [1.165, 1.54) is 27.4 Å². The van der Waals surface area contributed by atoms with Crippen molar-refractivity contribution in [2.24, 2.45) is 7.05 Å². The fourth-order valence-corrected chi connectivity index (χ4v) is 2.58. The van der Waals surface area contributed by atoms with Crippen LogP contribution >= 0.6 is 11.6 Å². The first-order valence-corrected chi connectivity index (χ1v) is 6.54. The lowest BCUT2D eigenvalue weighted by atomic mass is 10.2. The Morgan fingerprint density at radius 3 is 2.62 bits per heavy atom. The molecule has 0 fully saturated rings. The highest BCUT2D eigenvalue weighted by atomic mass is 35.5. The first-order valence-electron chi connectivity index (χ1n) is 6.17. The van der Waals surface area contributed by atoms with Crippen LogP contribution in [0.4, 0.5) is 4.39 Å². The van der Waals surface area contributed by atoms with E-state index in [0.29, 0.717) is 22.3 Å². The Morgan fingerprint density at radius 1 is 1.24 bits per heavy atom. The smallest absolute Gasteiger partial charge is 0.274 e. The minimum atomic E-state index is -0.477. The second-order valence-electron chi connectivity index (χ2n) is 4.76. The zero-order chi connectivity index (χ0) is 15.3. The number of benzene rings is 1. The number of hydrogen-bond acceptors (Lipinski definition) is 2. The van der Waals surface area contributed by atoms with Crippen LogP contribution in [0.2, 0.25) is 5.02 Å². The summed E-state index contributed by atoms with van der Waals surface area (Å²) in [7, 11) is 1.60. The molecule has 2 aromatic heterocycles. The van der Waals surface area contributed by atoms with Gasteiger partial charge in [-0.05, 0) is 25.1 Å². The molecule has 0 spiro atoms. The lowest BCUT2D eigenvalue weighted by Gasteiger charge is -2.08. The third-order valence-electron chi connectivity index (χ3n) is 3.54. The van der Waals surface area contributed by atoms with Gasteiger partial charge in [0.25, 0.3) is 11.1 Å². The number of aryl methyl sites for hydroxylation is 1. The maximum Gasteiger partial charge on any atom is 0.274 e. The molecule has 1 aromatic carbocycles. The van der Waals surface area contributed by atoms with Crippen LogP contribution in [-0.2, 0) is 7.05 Å². The van der Waals surface area contributed by atoms with Crippen molar-refractivity contribution in [3.05, 3.63) is 61.5 Å². The molecule has 21 heavy (non-hydrogen) atoms. The number of pyridine rings is 1. The standard InChI is InChI=1S/C14H11ClFN3O2/c1-7-13-11(6-12(20)18(7)2)19(17-14(13)21)10-4-3-8(16)5-9(10)15/h3-6H,1-2H3,(H,17,21). The largest absolute Gasteiger partial charge is 0.315 e. The second-order valence-corrected chi connectivity index (χ2v) is 5.17. The van der Waals surface area contributed by atoms with Gasteiger partial charge in [0.05, 0.1) is 21.6 Å². The van der Waals surface area contributed by atoms with Crippen LogP contribution in [0.15, 0.2) is 33.9 Å². The van der Waals surface area contributed by atoms with Crippen molar-refractivity contribution < 1.29 is 4.39 Å². The molecular formula is C14H11ClFN3O2. The van der Waals surface area contributed by atoms with Gasteiger partial charge in [-0.25, -0.2) is 4.39 Å². The predicted octanol–water partition coefficient (Wildman–Crippen LogP) is 2.12. The Bertz CT molecular complexity index is 984. The van der Waals surface area contributed by atoms with E-state index >= 15 is 0 Å². The molecule has 0 aliphatic carbocycles. The summed E-state index contributed by atoms with van der Waals surface area (Å²) < 4.78 is 15.9. The summed E-state index contributed by atoms with van der Waals surface area (Å²) in [5, 5.41) is 3.17. The lowest BCUT2D eigenvalue weighted by molar-refractivity contribution is 0.627. The van der Waals surface area contributed by atoms with E-state index in [0.717, 1.165) is 6.07 Å². The Balaban J connectivity index is 2.45. The van der Waals surface area contributed by atoms with Gasteiger partial charge in [-0.3, -0.25) is 19.4 Å². The van der Waals surface area contributed by atoms with Gasteiger partial charge in [0.15, 0.2) is 0 Å². The number of nitrogens with zero attached hydrogens (tertiary/aromatic N) is 2. The highest BCUT2D eigenvalue weighted by Crippen LogP contribution is 2.24. The summed E-state index contributed by atoms with van der Waals surface area (Å²) in [6.07, 6.45) is 0. The van der Waals surface area contributed by atoms with Crippen LogP contribution in [0.1, 0.15) is 5.69 Å². The van der Waals surface area contributed by atoms with Crippen molar-refractivity contribution in [1.82, 2.24) is 14.3 Å². The number of nitrogens with one attached hydrogen (secondary N) is 1. The molecule has 2 heterocycles. The molecule has 3 rings (SSSR count). The second kappa shape index (κ2) is 4.60. The van der Waals surface area contributed by atoms with Gasteiger partial charge in [0.1, 0.15) is 5.82 Å². The van der Waals surface area contributed by atoms with Gasteiger partial charge >= 0.3 is 0 Å². The van der Waals surface area contributed by atoms with E-state index in [1.54, 1.807) is 14.0 Å². The molecule has 0 radical (unpaired) electrons. The zero-order valence-corrected chi connectivity index (χ0v) is 12.0. The molecule has 0 saturated carbocycles. The number of halogens is 2.